The zero-order valence-electron chi connectivity index (χ0n) is 14.6. The van der Waals surface area contributed by atoms with E-state index >= 15 is 0 Å². The van der Waals surface area contributed by atoms with Crippen molar-refractivity contribution in [1.82, 2.24) is 34.5 Å². The number of aryl methyl sites for hydroxylation is 2. The molecule has 8 nitrogen and oxygen atoms in total. The second-order valence-corrected chi connectivity index (χ2v) is 7.13. The first-order valence-corrected chi connectivity index (χ1v) is 8.87. The van der Waals surface area contributed by atoms with E-state index in [1.54, 1.807) is 0 Å². The number of likely N-dealkylation sites (N-methyl/N-ethyl adjacent to an activating group) is 1. The van der Waals surface area contributed by atoms with Crippen LogP contribution >= 0.6 is 0 Å². The minimum Gasteiger partial charge on any atom is -0.352 e. The normalized spacial score (nSPS) is 17.5. The predicted molar refractivity (Wildman–Crippen MR) is 93.5 cm³/mol. The molecule has 0 amide bonds. The summed E-state index contributed by atoms with van der Waals surface area (Å²) in [5.41, 5.74) is 3.61. The molecule has 130 valence electrons. The van der Waals surface area contributed by atoms with E-state index in [0.29, 0.717) is 6.04 Å². The van der Waals surface area contributed by atoms with Gasteiger partial charge >= 0.3 is 0 Å². The van der Waals surface area contributed by atoms with Crippen LogP contribution in [0.5, 0.6) is 0 Å². The molecule has 3 aromatic heterocycles. The summed E-state index contributed by atoms with van der Waals surface area (Å²) in [6.45, 7) is 5.98. The van der Waals surface area contributed by atoms with Crippen LogP contribution in [0.15, 0.2) is 18.3 Å². The molecule has 2 aliphatic rings. The highest BCUT2D eigenvalue weighted by molar-refractivity contribution is 5.47. The molecule has 0 atom stereocenters. The van der Waals surface area contributed by atoms with Crippen molar-refractivity contribution in [2.24, 2.45) is 0 Å². The highest BCUT2D eigenvalue weighted by Crippen LogP contribution is 2.24. The van der Waals surface area contributed by atoms with Crippen molar-refractivity contribution in [2.45, 2.75) is 38.9 Å². The second-order valence-electron chi connectivity index (χ2n) is 7.13. The first-order chi connectivity index (χ1) is 12.2. The van der Waals surface area contributed by atoms with Gasteiger partial charge in [0.25, 0.3) is 0 Å². The summed E-state index contributed by atoms with van der Waals surface area (Å²) in [4.78, 5) is 4.75. The van der Waals surface area contributed by atoms with Crippen molar-refractivity contribution in [3.8, 4) is 0 Å². The van der Waals surface area contributed by atoms with Crippen LogP contribution in [0.25, 0.3) is 5.65 Å². The molecule has 0 saturated carbocycles. The molecule has 0 aromatic carbocycles. The Kier molecular flexibility index (Phi) is 3.27. The lowest BCUT2D eigenvalue weighted by Crippen LogP contribution is -2.58. The molecule has 0 unspecified atom stereocenters. The van der Waals surface area contributed by atoms with E-state index in [0.717, 1.165) is 43.5 Å². The molecule has 0 radical (unpaired) electrons. The molecule has 2 aliphatic heterocycles. The Labute approximate surface area is 146 Å². The molecule has 1 fully saturated rings. The van der Waals surface area contributed by atoms with E-state index in [1.165, 1.54) is 24.1 Å². The third kappa shape index (κ3) is 2.39. The van der Waals surface area contributed by atoms with Crippen molar-refractivity contribution in [2.75, 3.05) is 25.0 Å². The molecular weight excluding hydrogens is 316 g/mol. The van der Waals surface area contributed by atoms with Crippen LogP contribution in [0.2, 0.25) is 0 Å². The van der Waals surface area contributed by atoms with Crippen LogP contribution < -0.4 is 4.90 Å². The number of fused-ring (bicyclic) bond motifs is 2. The predicted octanol–water partition coefficient (Wildman–Crippen LogP) is 0.896. The Bertz CT molecular complexity index is 920. The summed E-state index contributed by atoms with van der Waals surface area (Å²) in [6, 6.07) is 4.57. The molecule has 0 spiro atoms. The molecule has 5 heterocycles. The fourth-order valence-electron chi connectivity index (χ4n) is 3.83. The smallest absolute Gasteiger partial charge is 0.178 e. The fraction of sp³-hybridized carbons (Fsp3) is 0.529. The van der Waals surface area contributed by atoms with Crippen molar-refractivity contribution in [3.63, 3.8) is 0 Å². The van der Waals surface area contributed by atoms with Crippen LogP contribution in [-0.2, 0) is 19.5 Å². The monoisotopic (exact) mass is 338 g/mol. The quantitative estimate of drug-likeness (QED) is 0.704. The lowest BCUT2D eigenvalue weighted by atomic mass is 10.1. The molecular formula is C17H22N8. The lowest BCUT2D eigenvalue weighted by molar-refractivity contribution is 0.196. The van der Waals surface area contributed by atoms with Crippen molar-refractivity contribution >= 4 is 11.5 Å². The summed E-state index contributed by atoms with van der Waals surface area (Å²) in [5, 5.41) is 17.3. The molecule has 1 saturated heterocycles. The third-order valence-corrected chi connectivity index (χ3v) is 5.45. The average Bonchev–Trinajstić information content (AvgIpc) is 3.25. The van der Waals surface area contributed by atoms with Gasteiger partial charge in [0, 0.05) is 43.5 Å². The lowest BCUT2D eigenvalue weighted by Gasteiger charge is -2.44. The summed E-state index contributed by atoms with van der Waals surface area (Å²) in [7, 11) is 2.21. The first kappa shape index (κ1) is 14.8. The van der Waals surface area contributed by atoms with Gasteiger partial charge in [0.15, 0.2) is 11.5 Å². The van der Waals surface area contributed by atoms with Gasteiger partial charge in [-0.3, -0.25) is 9.58 Å². The Hall–Kier alpha value is -2.48. The Morgan fingerprint density at radius 1 is 1.24 bits per heavy atom. The first-order valence-electron chi connectivity index (χ1n) is 8.87. The summed E-state index contributed by atoms with van der Waals surface area (Å²) in [6.07, 6.45) is 4.45. The van der Waals surface area contributed by atoms with Gasteiger partial charge in [-0.2, -0.15) is 9.61 Å². The zero-order chi connectivity index (χ0) is 17.0. The summed E-state index contributed by atoms with van der Waals surface area (Å²) < 4.78 is 3.97. The summed E-state index contributed by atoms with van der Waals surface area (Å²) >= 11 is 0. The Morgan fingerprint density at radius 3 is 3.00 bits per heavy atom. The summed E-state index contributed by atoms with van der Waals surface area (Å²) in [5.74, 6) is 1.81. The van der Waals surface area contributed by atoms with Crippen LogP contribution in [0.4, 0.5) is 5.82 Å². The van der Waals surface area contributed by atoms with Gasteiger partial charge in [-0.1, -0.05) is 0 Å². The third-order valence-electron chi connectivity index (χ3n) is 5.45. The highest BCUT2D eigenvalue weighted by atomic mass is 15.4. The van der Waals surface area contributed by atoms with Gasteiger partial charge in [0.1, 0.15) is 5.82 Å². The SMILES string of the molecule is Cc1nnc2ccc(N3CC(N(C)Cc4cnn5c4CCC5)C3)nn12. The highest BCUT2D eigenvalue weighted by Gasteiger charge is 2.32. The number of anilines is 1. The number of nitrogens with zero attached hydrogens (tertiary/aromatic N) is 8. The van der Waals surface area contributed by atoms with E-state index in [9.17, 15) is 0 Å². The molecule has 0 bridgehead atoms. The minimum absolute atomic E-state index is 0.552. The van der Waals surface area contributed by atoms with E-state index in [2.05, 4.69) is 41.9 Å². The van der Waals surface area contributed by atoms with Crippen molar-refractivity contribution < 1.29 is 0 Å². The minimum atomic E-state index is 0.552. The Morgan fingerprint density at radius 2 is 2.12 bits per heavy atom. The fourth-order valence-corrected chi connectivity index (χ4v) is 3.83. The molecule has 8 heteroatoms. The molecule has 5 rings (SSSR count). The molecule has 0 N–H and O–H groups in total. The van der Waals surface area contributed by atoms with Crippen LogP contribution in [0, 0.1) is 6.92 Å². The average molecular weight is 338 g/mol. The number of aromatic nitrogens is 6. The van der Waals surface area contributed by atoms with Crippen molar-refractivity contribution in [1.29, 1.82) is 0 Å². The molecule has 0 aliphatic carbocycles. The van der Waals surface area contributed by atoms with E-state index in [1.807, 2.05) is 29.8 Å². The van der Waals surface area contributed by atoms with Gasteiger partial charge in [0.05, 0.1) is 6.20 Å². The van der Waals surface area contributed by atoms with Gasteiger partial charge in [-0.05, 0) is 38.9 Å². The van der Waals surface area contributed by atoms with Crippen LogP contribution in [-0.4, -0.2) is 60.7 Å². The van der Waals surface area contributed by atoms with E-state index in [-0.39, 0.29) is 0 Å². The van der Waals surface area contributed by atoms with Gasteiger partial charge in [-0.15, -0.1) is 15.3 Å². The zero-order valence-corrected chi connectivity index (χ0v) is 14.6. The van der Waals surface area contributed by atoms with Crippen LogP contribution in [0.3, 0.4) is 0 Å². The van der Waals surface area contributed by atoms with Crippen molar-refractivity contribution in [3.05, 3.63) is 35.4 Å². The maximum absolute atomic E-state index is 4.66. The molecule has 3 aromatic rings. The van der Waals surface area contributed by atoms with Gasteiger partial charge < -0.3 is 4.90 Å². The Balaban J connectivity index is 1.25. The van der Waals surface area contributed by atoms with E-state index in [4.69, 9.17) is 0 Å². The maximum Gasteiger partial charge on any atom is 0.178 e. The van der Waals surface area contributed by atoms with Gasteiger partial charge in [-0.25, -0.2) is 0 Å². The topological polar surface area (TPSA) is 67.4 Å². The van der Waals surface area contributed by atoms with Gasteiger partial charge in [0.2, 0.25) is 0 Å². The number of rotatable bonds is 4. The largest absolute Gasteiger partial charge is 0.352 e. The second kappa shape index (κ2) is 5.52. The van der Waals surface area contributed by atoms with E-state index < -0.39 is 0 Å². The number of hydrogen-bond acceptors (Lipinski definition) is 6. The van der Waals surface area contributed by atoms with Crippen LogP contribution in [0.1, 0.15) is 23.5 Å². The standard InChI is InChI=1S/C17H22N8/c1-12-19-20-16-5-6-17(21-25(12)16)23-10-14(11-23)22(2)9-13-8-18-24-7-3-4-15(13)24/h5-6,8,14H,3-4,7,9-11H2,1-2H3. The number of hydrogen-bond donors (Lipinski definition) is 0. The molecule has 25 heavy (non-hydrogen) atoms. The maximum atomic E-state index is 4.66.